The highest BCUT2D eigenvalue weighted by atomic mass is 16.7. The smallest absolute Gasteiger partial charge is 0.329 e. The maximum absolute atomic E-state index is 14.3. The van der Waals surface area contributed by atoms with Crippen LogP contribution in [0.25, 0.3) is 0 Å². The molecule has 2 bridgehead atoms. The molecule has 1 aliphatic carbocycles. The average Bonchev–Trinajstić information content (AvgIpc) is 3.18. The van der Waals surface area contributed by atoms with Crippen molar-refractivity contribution < 1.29 is 53.1 Å². The van der Waals surface area contributed by atoms with E-state index in [4.69, 9.17) is 23.7 Å². The molecule has 4 aliphatic rings. The maximum Gasteiger partial charge on any atom is 0.329 e. The molecular weight excluding hydrogens is 718 g/mol. The summed E-state index contributed by atoms with van der Waals surface area (Å²) in [6.45, 7) is 11.7. The Hall–Kier alpha value is -2.74. The SMILES string of the molecule is CCCC1C=C(C)CC(C)CC(OC)C2OC(O)(C(=O)C(=O)N3CCCCC3C(=O)OC(C(C)=CC3CCC(O)C(OC)C3)C(C)/C=C\C1=O)C(C)CC2OC. The Balaban J connectivity index is 1.77. The summed E-state index contributed by atoms with van der Waals surface area (Å²) in [5.41, 5.74) is 1.84. The maximum atomic E-state index is 14.3. The molecule has 2 N–H and O–H groups in total. The normalized spacial score (nSPS) is 39.6. The third kappa shape index (κ3) is 11.0. The van der Waals surface area contributed by atoms with Gasteiger partial charge in [-0.05, 0) is 102 Å². The van der Waals surface area contributed by atoms with E-state index in [9.17, 15) is 29.4 Å². The van der Waals surface area contributed by atoms with Gasteiger partial charge in [0.15, 0.2) is 5.78 Å². The predicted molar refractivity (Wildman–Crippen MR) is 211 cm³/mol. The van der Waals surface area contributed by atoms with Gasteiger partial charge in [-0.2, -0.15) is 0 Å². The van der Waals surface area contributed by atoms with Crippen molar-refractivity contribution in [2.75, 3.05) is 27.9 Å². The lowest BCUT2D eigenvalue weighted by Gasteiger charge is -2.47. The van der Waals surface area contributed by atoms with E-state index in [1.165, 1.54) is 4.90 Å². The average molecular weight is 788 g/mol. The number of nitrogens with zero attached hydrogens (tertiary/aromatic N) is 1. The first-order valence-electron chi connectivity index (χ1n) is 20.9. The second-order valence-corrected chi connectivity index (χ2v) is 17.1. The molecule has 3 heterocycles. The molecule has 2 saturated heterocycles. The van der Waals surface area contributed by atoms with E-state index in [2.05, 4.69) is 19.9 Å². The van der Waals surface area contributed by atoms with Crippen molar-refractivity contribution in [3.63, 3.8) is 0 Å². The van der Waals surface area contributed by atoms with E-state index in [-0.39, 0.29) is 49.0 Å². The predicted octanol–water partition coefficient (Wildman–Crippen LogP) is 5.67. The molecule has 0 aromatic rings. The van der Waals surface area contributed by atoms with Gasteiger partial charge in [-0.15, -0.1) is 0 Å². The van der Waals surface area contributed by atoms with Gasteiger partial charge in [-0.1, -0.05) is 57.9 Å². The van der Waals surface area contributed by atoms with Crippen LogP contribution in [0.1, 0.15) is 112 Å². The number of piperidine rings is 1. The Morgan fingerprint density at radius 1 is 0.964 bits per heavy atom. The highest BCUT2D eigenvalue weighted by Crippen LogP contribution is 2.39. The lowest BCUT2D eigenvalue weighted by molar-refractivity contribution is -0.302. The first-order valence-corrected chi connectivity index (χ1v) is 20.9. The van der Waals surface area contributed by atoms with Gasteiger partial charge in [0, 0.05) is 45.6 Å². The fourth-order valence-corrected chi connectivity index (χ4v) is 9.30. The Kier molecular flexibility index (Phi) is 17.1. The van der Waals surface area contributed by atoms with Gasteiger partial charge in [0.1, 0.15) is 18.2 Å². The number of aliphatic hydroxyl groups is 2. The van der Waals surface area contributed by atoms with Gasteiger partial charge < -0.3 is 38.8 Å². The van der Waals surface area contributed by atoms with Gasteiger partial charge in [0.05, 0.1) is 24.4 Å². The van der Waals surface area contributed by atoms with Crippen molar-refractivity contribution >= 4 is 23.4 Å². The number of methoxy groups -OCH3 is 3. The van der Waals surface area contributed by atoms with E-state index in [0.717, 1.165) is 24.0 Å². The number of aliphatic hydroxyl groups excluding tert-OH is 1. The fraction of sp³-hybridized carbons (Fsp3) is 0.773. The number of carbonyl (C=O) groups excluding carboxylic acids is 4. The lowest BCUT2D eigenvalue weighted by Crippen LogP contribution is -2.64. The standard InChI is InChI=1S/C44H69NO11/c1-10-13-32-21-26(2)20-27(3)22-37(53-8)40-38(54-9)24-30(6)44(51,56-40)41(48)42(49)45-19-12-11-14-33(45)43(50)55-39(28(4)15-17-34(32)46)29(5)23-31-16-18-35(47)36(25-31)52-7/h15,17,21,23,27-28,30-33,35-40,47,51H,10-14,16,18-20,22,24-25H2,1-9H3/b17-15-,26-21?,29-23?. The molecule has 3 fully saturated rings. The quantitative estimate of drug-likeness (QED) is 0.186. The molecule has 56 heavy (non-hydrogen) atoms. The lowest BCUT2D eigenvalue weighted by atomic mass is 9.82. The Labute approximate surface area is 334 Å². The first kappa shape index (κ1) is 46.0. The number of rotatable bonds is 7. The number of amides is 1. The van der Waals surface area contributed by atoms with Gasteiger partial charge in [0.2, 0.25) is 5.79 Å². The first-order chi connectivity index (χ1) is 26.6. The number of hydrogen-bond donors (Lipinski definition) is 2. The number of ketones is 2. The second kappa shape index (κ2) is 20.8. The minimum atomic E-state index is -2.47. The van der Waals surface area contributed by atoms with Crippen LogP contribution < -0.4 is 0 Å². The van der Waals surface area contributed by atoms with Crippen LogP contribution in [-0.2, 0) is 42.9 Å². The highest BCUT2D eigenvalue weighted by molar-refractivity contribution is 6.39. The molecule has 1 saturated carbocycles. The van der Waals surface area contributed by atoms with Crippen molar-refractivity contribution in [1.82, 2.24) is 4.90 Å². The molecule has 12 nitrogen and oxygen atoms in total. The molecule has 13 unspecified atom stereocenters. The van der Waals surface area contributed by atoms with E-state index < -0.39 is 71.8 Å². The third-order valence-electron chi connectivity index (χ3n) is 12.6. The zero-order valence-electron chi connectivity index (χ0n) is 35.2. The van der Waals surface area contributed by atoms with Crippen LogP contribution >= 0.6 is 0 Å². The van der Waals surface area contributed by atoms with Crippen molar-refractivity contribution in [1.29, 1.82) is 0 Å². The van der Waals surface area contributed by atoms with Crippen molar-refractivity contribution in [3.05, 3.63) is 35.5 Å². The summed E-state index contributed by atoms with van der Waals surface area (Å²) >= 11 is 0. The minimum absolute atomic E-state index is 0.0308. The Morgan fingerprint density at radius 3 is 2.30 bits per heavy atom. The fourth-order valence-electron chi connectivity index (χ4n) is 9.30. The zero-order valence-corrected chi connectivity index (χ0v) is 35.2. The Morgan fingerprint density at radius 2 is 1.64 bits per heavy atom. The molecule has 4 rings (SSSR count). The molecular formula is C44H69NO11. The van der Waals surface area contributed by atoms with Crippen LogP contribution in [0.5, 0.6) is 0 Å². The van der Waals surface area contributed by atoms with E-state index in [1.54, 1.807) is 40.4 Å². The summed E-state index contributed by atoms with van der Waals surface area (Å²) in [4.78, 5) is 57.7. The van der Waals surface area contributed by atoms with E-state index in [0.29, 0.717) is 44.9 Å². The number of carbonyl (C=O) groups is 4. The topological polar surface area (TPSA) is 158 Å². The molecule has 0 spiro atoms. The molecule has 0 radical (unpaired) electrons. The van der Waals surface area contributed by atoms with Gasteiger partial charge in [-0.25, -0.2) is 4.79 Å². The number of cyclic esters (lactones) is 1. The summed E-state index contributed by atoms with van der Waals surface area (Å²) in [6, 6.07) is -1.07. The van der Waals surface area contributed by atoms with Crippen LogP contribution in [-0.4, -0.2) is 115 Å². The van der Waals surface area contributed by atoms with Crippen LogP contribution in [0.3, 0.4) is 0 Å². The number of Topliss-reactive ketones (excluding diaryl/α,β-unsaturated/α-hetero) is 1. The molecule has 0 aromatic carbocycles. The summed E-state index contributed by atoms with van der Waals surface area (Å²) in [5.74, 6) is -6.70. The highest BCUT2D eigenvalue weighted by Gasteiger charge is 2.56. The molecule has 0 aromatic heterocycles. The zero-order chi connectivity index (χ0) is 41.3. The Bertz CT molecular complexity index is 1460. The van der Waals surface area contributed by atoms with E-state index >= 15 is 0 Å². The van der Waals surface area contributed by atoms with Gasteiger partial charge in [-0.3, -0.25) is 14.4 Å². The van der Waals surface area contributed by atoms with E-state index in [1.807, 2.05) is 26.8 Å². The van der Waals surface area contributed by atoms with Crippen molar-refractivity contribution in [3.8, 4) is 0 Å². The molecule has 3 aliphatic heterocycles. The second-order valence-electron chi connectivity index (χ2n) is 17.1. The largest absolute Gasteiger partial charge is 0.456 e. The summed E-state index contributed by atoms with van der Waals surface area (Å²) in [6.07, 6.45) is 10.2. The van der Waals surface area contributed by atoms with Crippen LogP contribution in [0.4, 0.5) is 0 Å². The summed E-state index contributed by atoms with van der Waals surface area (Å²) in [7, 11) is 4.68. The molecule has 12 heteroatoms. The number of allylic oxidation sites excluding steroid dienone is 4. The number of hydrogen-bond acceptors (Lipinski definition) is 11. The van der Waals surface area contributed by atoms with Gasteiger partial charge in [0.25, 0.3) is 11.7 Å². The minimum Gasteiger partial charge on any atom is -0.456 e. The monoisotopic (exact) mass is 787 g/mol. The molecule has 1 amide bonds. The van der Waals surface area contributed by atoms with Crippen LogP contribution in [0.15, 0.2) is 35.5 Å². The van der Waals surface area contributed by atoms with Crippen LogP contribution in [0.2, 0.25) is 0 Å². The molecule has 316 valence electrons. The van der Waals surface area contributed by atoms with Crippen molar-refractivity contribution in [2.45, 2.75) is 161 Å². The number of fused-ring (bicyclic) bond motifs is 3. The van der Waals surface area contributed by atoms with Gasteiger partial charge >= 0.3 is 5.97 Å². The molecule has 13 atom stereocenters. The summed E-state index contributed by atoms with van der Waals surface area (Å²) in [5, 5.41) is 22.4. The number of ether oxygens (including phenoxy) is 5. The van der Waals surface area contributed by atoms with Crippen LogP contribution in [0, 0.1) is 29.6 Å². The van der Waals surface area contributed by atoms with Crippen molar-refractivity contribution in [2.24, 2.45) is 29.6 Å². The number of esters is 1. The third-order valence-corrected chi connectivity index (χ3v) is 12.6. The summed E-state index contributed by atoms with van der Waals surface area (Å²) < 4.78 is 29.9.